The number of pyridine rings is 1. The zero-order chi connectivity index (χ0) is 24.8. The summed E-state index contributed by atoms with van der Waals surface area (Å²) in [4.78, 5) is 24.9. The van der Waals surface area contributed by atoms with Gasteiger partial charge in [0.2, 0.25) is 0 Å². The van der Waals surface area contributed by atoms with Crippen molar-refractivity contribution in [3.8, 4) is 11.4 Å². The highest BCUT2D eigenvalue weighted by atomic mass is 16.5. The van der Waals surface area contributed by atoms with Gasteiger partial charge in [-0.3, -0.25) is 9.20 Å². The lowest BCUT2D eigenvalue weighted by Gasteiger charge is -2.20. The number of hydrogen-bond donors (Lipinski definition) is 3. The third kappa shape index (κ3) is 3.75. The van der Waals surface area contributed by atoms with Crippen LogP contribution < -0.4 is 15.5 Å². The number of hydrogen-bond acceptors (Lipinski definition) is 8. The van der Waals surface area contributed by atoms with Crippen LogP contribution in [0.2, 0.25) is 0 Å². The molecule has 4 aromatic rings. The van der Waals surface area contributed by atoms with Crippen LogP contribution in [0.15, 0.2) is 36.8 Å². The number of aliphatic hydroxyl groups is 1. The van der Waals surface area contributed by atoms with Gasteiger partial charge in [-0.05, 0) is 37.8 Å². The van der Waals surface area contributed by atoms with Crippen LogP contribution in [0.5, 0.6) is 0 Å². The first kappa shape index (κ1) is 22.7. The molecule has 1 aliphatic heterocycles. The van der Waals surface area contributed by atoms with E-state index in [9.17, 15) is 9.90 Å². The molecule has 1 amide bonds. The summed E-state index contributed by atoms with van der Waals surface area (Å²) in [7, 11) is 3.56. The van der Waals surface area contributed by atoms with Gasteiger partial charge in [-0.15, -0.1) is 0 Å². The molecule has 0 bridgehead atoms. The molecule has 1 aliphatic carbocycles. The number of amides is 1. The topological polar surface area (TPSA) is 121 Å². The Morgan fingerprint density at radius 3 is 2.86 bits per heavy atom. The van der Waals surface area contributed by atoms with E-state index in [4.69, 9.17) is 9.72 Å². The van der Waals surface area contributed by atoms with Crippen molar-refractivity contribution in [3.63, 3.8) is 0 Å². The van der Waals surface area contributed by atoms with E-state index in [1.807, 2.05) is 29.8 Å². The average molecular weight is 491 g/mol. The molecule has 1 saturated heterocycles. The molecule has 188 valence electrons. The average Bonchev–Trinajstić information content (AvgIpc) is 3.69. The van der Waals surface area contributed by atoms with E-state index in [0.717, 1.165) is 49.4 Å². The van der Waals surface area contributed by atoms with Crippen molar-refractivity contribution in [3.05, 3.63) is 42.4 Å². The van der Waals surface area contributed by atoms with Crippen LogP contribution in [-0.4, -0.2) is 80.5 Å². The predicted molar refractivity (Wildman–Crippen MR) is 135 cm³/mol. The van der Waals surface area contributed by atoms with Crippen molar-refractivity contribution in [2.24, 2.45) is 0 Å². The summed E-state index contributed by atoms with van der Waals surface area (Å²) >= 11 is 0. The number of nitrogens with one attached hydrogen (secondary N) is 2. The van der Waals surface area contributed by atoms with Crippen LogP contribution in [-0.2, 0) is 4.74 Å². The van der Waals surface area contributed by atoms with Crippen molar-refractivity contribution >= 4 is 28.7 Å². The standard InChI is InChI=1S/C25H30N8O3/c1-26-22-12-18(29-23-16(13-28-33(22)23)25(35)30-17-4-3-5-21(17)34)19-6-7-20(24-27-9-11-32(19)24)31-10-8-15(14-31)36-2/h6-7,9,11-13,15,17,21,26,34H,3-5,8,10,14H2,1-2H3,(H,30,35)/t15-,17-,21+/m0/s1. The molecular formula is C25H30N8O3. The molecule has 5 heterocycles. The number of methoxy groups -OCH3 is 1. The van der Waals surface area contributed by atoms with E-state index in [-0.39, 0.29) is 18.1 Å². The normalized spacial score (nSPS) is 22.1. The van der Waals surface area contributed by atoms with Gasteiger partial charge in [0.1, 0.15) is 11.4 Å². The second kappa shape index (κ2) is 9.07. The van der Waals surface area contributed by atoms with E-state index in [1.54, 1.807) is 17.8 Å². The van der Waals surface area contributed by atoms with E-state index >= 15 is 0 Å². The van der Waals surface area contributed by atoms with Gasteiger partial charge in [0.25, 0.3) is 5.91 Å². The van der Waals surface area contributed by atoms with E-state index in [0.29, 0.717) is 29.1 Å². The molecule has 6 rings (SSSR count). The van der Waals surface area contributed by atoms with Crippen LogP contribution in [0.25, 0.3) is 22.7 Å². The molecule has 0 aromatic carbocycles. The fraction of sp³-hybridized carbons (Fsp3) is 0.440. The summed E-state index contributed by atoms with van der Waals surface area (Å²) in [5, 5.41) is 20.7. The summed E-state index contributed by atoms with van der Waals surface area (Å²) in [5.74, 6) is 0.419. The minimum atomic E-state index is -0.519. The summed E-state index contributed by atoms with van der Waals surface area (Å²) in [6, 6.07) is 5.77. The number of aromatic nitrogens is 5. The molecule has 0 radical (unpaired) electrons. The summed E-state index contributed by atoms with van der Waals surface area (Å²) in [5.41, 5.74) is 4.26. The number of imidazole rings is 1. The third-order valence-corrected chi connectivity index (χ3v) is 7.38. The first-order valence-corrected chi connectivity index (χ1v) is 12.4. The van der Waals surface area contributed by atoms with Crippen molar-refractivity contribution in [1.29, 1.82) is 0 Å². The van der Waals surface area contributed by atoms with Crippen LogP contribution in [0, 0.1) is 0 Å². The van der Waals surface area contributed by atoms with Gasteiger partial charge in [-0.2, -0.15) is 9.61 Å². The number of aliphatic hydroxyl groups excluding tert-OH is 1. The van der Waals surface area contributed by atoms with Gasteiger partial charge in [0.15, 0.2) is 11.3 Å². The Labute approximate surface area is 208 Å². The second-order valence-corrected chi connectivity index (χ2v) is 9.47. The van der Waals surface area contributed by atoms with E-state index < -0.39 is 6.10 Å². The molecule has 2 fully saturated rings. The lowest BCUT2D eigenvalue weighted by atomic mass is 10.2. The van der Waals surface area contributed by atoms with Gasteiger partial charge in [-0.1, -0.05) is 0 Å². The monoisotopic (exact) mass is 490 g/mol. The molecule has 4 aromatic heterocycles. The summed E-state index contributed by atoms with van der Waals surface area (Å²) < 4.78 is 9.20. The lowest BCUT2D eigenvalue weighted by Crippen LogP contribution is -2.39. The highest BCUT2D eigenvalue weighted by Crippen LogP contribution is 2.31. The van der Waals surface area contributed by atoms with Crippen molar-refractivity contribution in [2.75, 3.05) is 37.5 Å². The Morgan fingerprint density at radius 1 is 1.22 bits per heavy atom. The molecule has 3 N–H and O–H groups in total. The maximum atomic E-state index is 13.1. The van der Waals surface area contributed by atoms with E-state index in [1.165, 1.54) is 6.20 Å². The van der Waals surface area contributed by atoms with Crippen LogP contribution in [0.4, 0.5) is 11.5 Å². The third-order valence-electron chi connectivity index (χ3n) is 7.38. The molecule has 2 aliphatic rings. The van der Waals surface area contributed by atoms with Crippen molar-refractivity contribution in [2.45, 2.75) is 43.9 Å². The van der Waals surface area contributed by atoms with Crippen LogP contribution >= 0.6 is 0 Å². The highest BCUT2D eigenvalue weighted by Gasteiger charge is 2.29. The van der Waals surface area contributed by atoms with Gasteiger partial charge >= 0.3 is 0 Å². The Hall–Kier alpha value is -3.70. The number of rotatable bonds is 6. The summed E-state index contributed by atoms with van der Waals surface area (Å²) in [6.07, 6.45) is 8.29. The fourth-order valence-electron chi connectivity index (χ4n) is 5.38. The number of nitrogens with zero attached hydrogens (tertiary/aromatic N) is 6. The molecule has 0 unspecified atom stereocenters. The Kier molecular flexibility index (Phi) is 5.73. The largest absolute Gasteiger partial charge is 0.391 e. The van der Waals surface area contributed by atoms with Crippen molar-refractivity contribution < 1.29 is 14.6 Å². The number of anilines is 2. The van der Waals surface area contributed by atoms with Gasteiger partial charge in [-0.25, -0.2) is 9.97 Å². The molecule has 1 saturated carbocycles. The lowest BCUT2D eigenvalue weighted by molar-refractivity contribution is 0.0874. The zero-order valence-corrected chi connectivity index (χ0v) is 20.4. The fourth-order valence-corrected chi connectivity index (χ4v) is 5.38. The van der Waals surface area contributed by atoms with Gasteiger partial charge in [0.05, 0.1) is 41.5 Å². The van der Waals surface area contributed by atoms with Crippen LogP contribution in [0.3, 0.4) is 0 Å². The smallest absolute Gasteiger partial charge is 0.257 e. The summed E-state index contributed by atoms with van der Waals surface area (Å²) in [6.45, 7) is 1.74. The number of fused-ring (bicyclic) bond motifs is 2. The minimum absolute atomic E-state index is 0.221. The Bertz CT molecular complexity index is 1430. The quantitative estimate of drug-likeness (QED) is 0.375. The Balaban J connectivity index is 1.40. The predicted octanol–water partition coefficient (Wildman–Crippen LogP) is 1.95. The second-order valence-electron chi connectivity index (χ2n) is 9.47. The zero-order valence-electron chi connectivity index (χ0n) is 20.4. The number of carbonyl (C=O) groups is 1. The minimum Gasteiger partial charge on any atom is -0.391 e. The first-order chi connectivity index (χ1) is 17.6. The molecule has 11 nitrogen and oxygen atoms in total. The molecule has 36 heavy (non-hydrogen) atoms. The highest BCUT2D eigenvalue weighted by molar-refractivity contribution is 6.00. The molecule has 0 spiro atoms. The van der Waals surface area contributed by atoms with Gasteiger partial charge < -0.3 is 25.4 Å². The van der Waals surface area contributed by atoms with E-state index in [2.05, 4.69) is 31.7 Å². The maximum Gasteiger partial charge on any atom is 0.257 e. The first-order valence-electron chi connectivity index (χ1n) is 12.4. The SMILES string of the molecule is CNc1cc(-c2ccc(N3CC[C@H](OC)C3)c3nccn23)nc2c(C(=O)N[C@H]3CCC[C@H]3O)cnn12. The van der Waals surface area contributed by atoms with Gasteiger partial charge in [0, 0.05) is 45.7 Å². The number of ether oxygens (including phenoxy) is 1. The molecule has 11 heteroatoms. The maximum absolute atomic E-state index is 13.1. The molecular weight excluding hydrogens is 460 g/mol. The van der Waals surface area contributed by atoms with Crippen LogP contribution in [0.1, 0.15) is 36.0 Å². The van der Waals surface area contributed by atoms with Crippen molar-refractivity contribution in [1.82, 2.24) is 29.3 Å². The Morgan fingerprint density at radius 2 is 2.11 bits per heavy atom. The number of carbonyl (C=O) groups excluding carboxylic acids is 1. The molecule has 3 atom stereocenters.